The molecular formula is C14H28N2O. The quantitative estimate of drug-likeness (QED) is 0.775. The van der Waals surface area contributed by atoms with Crippen LogP contribution in [0.25, 0.3) is 0 Å². The average molecular weight is 240 g/mol. The number of nitrogens with zero attached hydrogens (tertiary/aromatic N) is 1. The largest absolute Gasteiger partial charge is 0.339 e. The van der Waals surface area contributed by atoms with Gasteiger partial charge in [0.2, 0.25) is 5.91 Å². The summed E-state index contributed by atoms with van der Waals surface area (Å²) in [6.45, 7) is 7.24. The molecule has 100 valence electrons. The molecule has 1 unspecified atom stereocenters. The Morgan fingerprint density at radius 2 is 1.88 bits per heavy atom. The first-order valence-corrected chi connectivity index (χ1v) is 7.05. The topological polar surface area (TPSA) is 46.3 Å². The molecule has 0 bridgehead atoms. The molecule has 0 spiro atoms. The van der Waals surface area contributed by atoms with Crippen LogP contribution in [0.3, 0.4) is 0 Å². The lowest BCUT2D eigenvalue weighted by Gasteiger charge is -2.31. The van der Waals surface area contributed by atoms with Gasteiger partial charge in [0.1, 0.15) is 0 Å². The Balaban J connectivity index is 2.51. The van der Waals surface area contributed by atoms with E-state index in [1.807, 2.05) is 6.92 Å². The highest BCUT2D eigenvalue weighted by atomic mass is 16.2. The fourth-order valence-electron chi connectivity index (χ4n) is 2.56. The van der Waals surface area contributed by atoms with Crippen molar-refractivity contribution in [2.45, 2.75) is 71.4 Å². The second-order valence-corrected chi connectivity index (χ2v) is 5.89. The molecule has 17 heavy (non-hydrogen) atoms. The van der Waals surface area contributed by atoms with Crippen LogP contribution < -0.4 is 5.73 Å². The van der Waals surface area contributed by atoms with Crippen LogP contribution in [0, 0.1) is 5.92 Å². The molecule has 1 amide bonds. The zero-order chi connectivity index (χ0) is 12.8. The summed E-state index contributed by atoms with van der Waals surface area (Å²) in [6, 6.07) is 0.626. The smallest absolute Gasteiger partial charge is 0.222 e. The van der Waals surface area contributed by atoms with Crippen molar-refractivity contribution in [1.82, 2.24) is 4.90 Å². The minimum Gasteiger partial charge on any atom is -0.339 e. The molecule has 1 saturated carbocycles. The molecule has 0 aliphatic heterocycles. The predicted molar refractivity (Wildman–Crippen MR) is 71.7 cm³/mol. The number of carbonyl (C=O) groups excluding carboxylic acids is 1. The summed E-state index contributed by atoms with van der Waals surface area (Å²) in [6.07, 6.45) is 6.36. The third-order valence-corrected chi connectivity index (χ3v) is 3.46. The molecule has 3 heteroatoms. The fraction of sp³-hybridized carbons (Fsp3) is 0.929. The molecule has 0 aromatic heterocycles. The lowest BCUT2D eigenvalue weighted by atomic mass is 10.1. The van der Waals surface area contributed by atoms with E-state index in [2.05, 4.69) is 18.7 Å². The van der Waals surface area contributed by atoms with Crippen molar-refractivity contribution in [3.05, 3.63) is 0 Å². The maximum Gasteiger partial charge on any atom is 0.222 e. The lowest BCUT2D eigenvalue weighted by molar-refractivity contribution is -0.134. The number of hydrogen-bond donors (Lipinski definition) is 1. The Morgan fingerprint density at radius 1 is 1.29 bits per heavy atom. The van der Waals surface area contributed by atoms with Gasteiger partial charge in [-0.1, -0.05) is 26.7 Å². The van der Waals surface area contributed by atoms with Crippen LogP contribution in [0.4, 0.5) is 0 Å². The molecule has 1 aliphatic rings. The zero-order valence-electron chi connectivity index (χ0n) is 11.6. The normalized spacial score (nSPS) is 18.6. The second kappa shape index (κ2) is 7.00. The van der Waals surface area contributed by atoms with Gasteiger partial charge in [0, 0.05) is 25.0 Å². The summed E-state index contributed by atoms with van der Waals surface area (Å²) in [5.74, 6) is 0.859. The number of rotatable bonds is 6. The molecule has 1 rings (SSSR count). The number of hydrogen-bond acceptors (Lipinski definition) is 2. The monoisotopic (exact) mass is 240 g/mol. The Bertz CT molecular complexity index is 232. The maximum atomic E-state index is 12.2. The van der Waals surface area contributed by atoms with E-state index in [4.69, 9.17) is 5.73 Å². The van der Waals surface area contributed by atoms with Gasteiger partial charge in [-0.05, 0) is 32.1 Å². The van der Waals surface area contributed by atoms with Gasteiger partial charge in [-0.3, -0.25) is 4.79 Å². The summed E-state index contributed by atoms with van der Waals surface area (Å²) < 4.78 is 0. The van der Waals surface area contributed by atoms with Crippen molar-refractivity contribution in [3.63, 3.8) is 0 Å². The molecular weight excluding hydrogens is 212 g/mol. The van der Waals surface area contributed by atoms with Gasteiger partial charge in [0.05, 0.1) is 0 Å². The number of amides is 1. The van der Waals surface area contributed by atoms with Crippen LogP contribution in [-0.4, -0.2) is 29.4 Å². The number of nitrogens with two attached hydrogens (primary N) is 1. The summed E-state index contributed by atoms with van der Waals surface area (Å²) >= 11 is 0. The van der Waals surface area contributed by atoms with Gasteiger partial charge in [-0.25, -0.2) is 0 Å². The summed E-state index contributed by atoms with van der Waals surface area (Å²) in [7, 11) is 0. The van der Waals surface area contributed by atoms with Crippen molar-refractivity contribution in [1.29, 1.82) is 0 Å². The third-order valence-electron chi connectivity index (χ3n) is 3.46. The van der Waals surface area contributed by atoms with Crippen molar-refractivity contribution >= 4 is 5.91 Å². The highest BCUT2D eigenvalue weighted by Gasteiger charge is 2.26. The summed E-state index contributed by atoms with van der Waals surface area (Å²) in [5.41, 5.74) is 5.72. The molecule has 1 fully saturated rings. The van der Waals surface area contributed by atoms with Crippen LogP contribution in [0.5, 0.6) is 0 Å². The average Bonchev–Trinajstić information content (AvgIpc) is 2.75. The van der Waals surface area contributed by atoms with Gasteiger partial charge in [0.15, 0.2) is 0 Å². The zero-order valence-corrected chi connectivity index (χ0v) is 11.6. The van der Waals surface area contributed by atoms with E-state index in [1.165, 1.54) is 25.7 Å². The van der Waals surface area contributed by atoms with E-state index in [1.54, 1.807) is 0 Å². The first-order valence-electron chi connectivity index (χ1n) is 7.05. The molecule has 0 aromatic rings. The van der Waals surface area contributed by atoms with E-state index in [0.29, 0.717) is 24.3 Å². The molecule has 0 heterocycles. The summed E-state index contributed by atoms with van der Waals surface area (Å²) in [4.78, 5) is 14.4. The van der Waals surface area contributed by atoms with E-state index >= 15 is 0 Å². The summed E-state index contributed by atoms with van der Waals surface area (Å²) in [5, 5.41) is 0. The van der Waals surface area contributed by atoms with Crippen molar-refractivity contribution in [3.8, 4) is 0 Å². The molecule has 2 N–H and O–H groups in total. The third kappa shape index (κ3) is 5.07. The SMILES string of the molecule is CC(C)CN(C(=O)CCC(C)N)C1CCCC1. The van der Waals surface area contributed by atoms with Crippen LogP contribution in [-0.2, 0) is 4.79 Å². The van der Waals surface area contributed by atoms with Gasteiger partial charge in [-0.15, -0.1) is 0 Å². The van der Waals surface area contributed by atoms with Crippen LogP contribution in [0.15, 0.2) is 0 Å². The van der Waals surface area contributed by atoms with E-state index in [-0.39, 0.29) is 6.04 Å². The Kier molecular flexibility index (Phi) is 5.96. The fourth-order valence-corrected chi connectivity index (χ4v) is 2.56. The molecule has 0 saturated heterocycles. The van der Waals surface area contributed by atoms with Gasteiger partial charge >= 0.3 is 0 Å². The van der Waals surface area contributed by atoms with Gasteiger partial charge < -0.3 is 10.6 Å². The Hall–Kier alpha value is -0.570. The highest BCUT2D eigenvalue weighted by Crippen LogP contribution is 2.25. The minimum atomic E-state index is 0.128. The molecule has 1 atom stereocenters. The van der Waals surface area contributed by atoms with E-state index in [0.717, 1.165) is 13.0 Å². The van der Waals surface area contributed by atoms with Crippen LogP contribution >= 0.6 is 0 Å². The van der Waals surface area contributed by atoms with Crippen LogP contribution in [0.1, 0.15) is 59.3 Å². The minimum absolute atomic E-state index is 0.128. The highest BCUT2D eigenvalue weighted by molar-refractivity contribution is 5.76. The molecule has 1 aliphatic carbocycles. The lowest BCUT2D eigenvalue weighted by Crippen LogP contribution is -2.41. The molecule has 0 radical (unpaired) electrons. The first kappa shape index (κ1) is 14.5. The second-order valence-electron chi connectivity index (χ2n) is 5.89. The van der Waals surface area contributed by atoms with Crippen molar-refractivity contribution in [2.24, 2.45) is 11.7 Å². The molecule has 3 nitrogen and oxygen atoms in total. The van der Waals surface area contributed by atoms with E-state index < -0.39 is 0 Å². The van der Waals surface area contributed by atoms with Gasteiger partial charge in [0.25, 0.3) is 0 Å². The van der Waals surface area contributed by atoms with Crippen LogP contribution in [0.2, 0.25) is 0 Å². The Labute approximate surface area is 106 Å². The van der Waals surface area contributed by atoms with Crippen molar-refractivity contribution < 1.29 is 4.79 Å². The van der Waals surface area contributed by atoms with Crippen molar-refractivity contribution in [2.75, 3.05) is 6.54 Å². The predicted octanol–water partition coefficient (Wildman–Crippen LogP) is 2.54. The number of carbonyl (C=O) groups is 1. The standard InChI is InChI=1S/C14H28N2O/c1-11(2)10-16(13-6-4-5-7-13)14(17)9-8-12(3)15/h11-13H,4-10,15H2,1-3H3. The van der Waals surface area contributed by atoms with E-state index in [9.17, 15) is 4.79 Å². The van der Waals surface area contributed by atoms with Gasteiger partial charge in [-0.2, -0.15) is 0 Å². The maximum absolute atomic E-state index is 12.2. The molecule has 0 aromatic carbocycles. The Morgan fingerprint density at radius 3 is 2.35 bits per heavy atom. The first-order chi connectivity index (χ1) is 8.00.